The van der Waals surface area contributed by atoms with Crippen molar-refractivity contribution in [3.8, 4) is 0 Å². The summed E-state index contributed by atoms with van der Waals surface area (Å²) in [5.41, 5.74) is 4.08. The van der Waals surface area contributed by atoms with E-state index < -0.39 is 0 Å². The molecule has 0 unspecified atom stereocenters. The predicted molar refractivity (Wildman–Crippen MR) is 62.3 cm³/mol. The maximum atomic E-state index is 5.95. The summed E-state index contributed by atoms with van der Waals surface area (Å²) < 4.78 is 1.81. The summed E-state index contributed by atoms with van der Waals surface area (Å²) in [5, 5.41) is 0.491. The van der Waals surface area contributed by atoms with Crippen LogP contribution in [0.2, 0.25) is 5.28 Å². The fourth-order valence-electron chi connectivity index (χ4n) is 1.71. The Kier molecular flexibility index (Phi) is 2.65. The fourth-order valence-corrected chi connectivity index (χ4v) is 1.88. The van der Waals surface area contributed by atoms with Gasteiger partial charge in [0.2, 0.25) is 5.28 Å². The van der Waals surface area contributed by atoms with E-state index in [0.29, 0.717) is 5.28 Å². The summed E-state index contributed by atoms with van der Waals surface area (Å²) >= 11 is 5.95. The standard InChI is InChI=1S/C11H14ClN3/c1-4-5-8-7(2)6-9-10(13-8)15(3)11(12)14-9/h6H,4-5H2,1-3H3. The molecule has 0 bridgehead atoms. The lowest BCUT2D eigenvalue weighted by molar-refractivity contribution is 0.863. The maximum absolute atomic E-state index is 5.95. The van der Waals surface area contributed by atoms with Crippen LogP contribution in [0.1, 0.15) is 24.6 Å². The van der Waals surface area contributed by atoms with Crippen LogP contribution in [0.3, 0.4) is 0 Å². The Bertz CT molecular complexity index is 502. The van der Waals surface area contributed by atoms with Gasteiger partial charge in [-0.25, -0.2) is 9.97 Å². The second-order valence-corrected chi connectivity index (χ2v) is 4.12. The molecule has 2 heterocycles. The Morgan fingerprint density at radius 3 is 2.80 bits per heavy atom. The van der Waals surface area contributed by atoms with E-state index in [1.165, 1.54) is 5.56 Å². The summed E-state index contributed by atoms with van der Waals surface area (Å²) in [7, 11) is 1.88. The zero-order chi connectivity index (χ0) is 11.0. The molecule has 2 rings (SSSR count). The Morgan fingerprint density at radius 2 is 2.13 bits per heavy atom. The monoisotopic (exact) mass is 223 g/mol. The lowest BCUT2D eigenvalue weighted by Gasteiger charge is -2.03. The first-order valence-corrected chi connectivity index (χ1v) is 5.49. The minimum absolute atomic E-state index is 0.491. The smallest absolute Gasteiger partial charge is 0.204 e. The Labute approximate surface area is 94.1 Å². The van der Waals surface area contributed by atoms with Gasteiger partial charge in [0.1, 0.15) is 5.52 Å². The van der Waals surface area contributed by atoms with Crippen molar-refractivity contribution in [3.63, 3.8) is 0 Å². The molecule has 0 saturated carbocycles. The second kappa shape index (κ2) is 3.81. The number of rotatable bonds is 2. The van der Waals surface area contributed by atoms with E-state index in [0.717, 1.165) is 29.7 Å². The molecule has 3 nitrogen and oxygen atoms in total. The summed E-state index contributed by atoms with van der Waals surface area (Å²) in [4.78, 5) is 8.84. The molecule has 0 saturated heterocycles. The maximum Gasteiger partial charge on any atom is 0.204 e. The van der Waals surface area contributed by atoms with Crippen molar-refractivity contribution < 1.29 is 0 Å². The van der Waals surface area contributed by atoms with Crippen LogP contribution in [-0.4, -0.2) is 14.5 Å². The minimum Gasteiger partial charge on any atom is -0.302 e. The molecular weight excluding hydrogens is 210 g/mol. The van der Waals surface area contributed by atoms with Crippen molar-refractivity contribution in [2.45, 2.75) is 26.7 Å². The molecule has 0 radical (unpaired) electrons. The highest BCUT2D eigenvalue weighted by atomic mass is 35.5. The topological polar surface area (TPSA) is 30.7 Å². The molecule has 0 spiro atoms. The van der Waals surface area contributed by atoms with E-state index in [9.17, 15) is 0 Å². The second-order valence-electron chi connectivity index (χ2n) is 3.78. The molecule has 80 valence electrons. The average Bonchev–Trinajstić information content (AvgIpc) is 2.45. The summed E-state index contributed by atoms with van der Waals surface area (Å²) in [5.74, 6) is 0. The zero-order valence-corrected chi connectivity index (χ0v) is 9.97. The summed E-state index contributed by atoms with van der Waals surface area (Å²) in [6.07, 6.45) is 2.11. The molecule has 0 aliphatic carbocycles. The lowest BCUT2D eigenvalue weighted by atomic mass is 10.1. The highest BCUT2D eigenvalue weighted by molar-refractivity contribution is 6.29. The van der Waals surface area contributed by atoms with E-state index in [1.54, 1.807) is 0 Å². The van der Waals surface area contributed by atoms with Crippen LogP contribution >= 0.6 is 11.6 Å². The zero-order valence-electron chi connectivity index (χ0n) is 9.21. The van der Waals surface area contributed by atoms with E-state index in [2.05, 4.69) is 29.9 Å². The van der Waals surface area contributed by atoms with Crippen LogP contribution < -0.4 is 0 Å². The molecule has 4 heteroatoms. The van der Waals surface area contributed by atoms with Crippen LogP contribution in [0, 0.1) is 6.92 Å². The van der Waals surface area contributed by atoms with Crippen LogP contribution in [0.25, 0.3) is 11.2 Å². The van der Waals surface area contributed by atoms with Gasteiger partial charge in [-0.3, -0.25) is 0 Å². The third-order valence-corrected chi connectivity index (χ3v) is 2.91. The molecule has 0 atom stereocenters. The van der Waals surface area contributed by atoms with Gasteiger partial charge >= 0.3 is 0 Å². The number of fused-ring (bicyclic) bond motifs is 1. The number of aromatic nitrogens is 3. The number of hydrogen-bond donors (Lipinski definition) is 0. The number of halogens is 1. The van der Waals surface area contributed by atoms with Crippen molar-refractivity contribution in [3.05, 3.63) is 22.6 Å². The van der Waals surface area contributed by atoms with E-state index in [-0.39, 0.29) is 0 Å². The van der Waals surface area contributed by atoms with Gasteiger partial charge in [0.15, 0.2) is 5.65 Å². The van der Waals surface area contributed by atoms with Crippen molar-refractivity contribution in [1.29, 1.82) is 0 Å². The molecule has 2 aromatic heterocycles. The predicted octanol–water partition coefficient (Wildman–Crippen LogP) is 2.88. The van der Waals surface area contributed by atoms with Crippen molar-refractivity contribution in [1.82, 2.24) is 14.5 Å². The lowest BCUT2D eigenvalue weighted by Crippen LogP contribution is -1.97. The SMILES string of the molecule is CCCc1nc2c(cc1C)nc(Cl)n2C. The van der Waals surface area contributed by atoms with Gasteiger partial charge in [-0.1, -0.05) is 13.3 Å². The first-order chi connectivity index (χ1) is 7.13. The van der Waals surface area contributed by atoms with E-state index in [4.69, 9.17) is 11.6 Å². The van der Waals surface area contributed by atoms with Gasteiger partial charge in [-0.2, -0.15) is 0 Å². The summed E-state index contributed by atoms with van der Waals surface area (Å²) in [6.45, 7) is 4.22. The number of nitrogens with zero attached hydrogens (tertiary/aromatic N) is 3. The van der Waals surface area contributed by atoms with E-state index in [1.807, 2.05) is 11.6 Å². The van der Waals surface area contributed by atoms with Gasteiger partial charge in [0.05, 0.1) is 0 Å². The molecule has 0 aliphatic rings. The van der Waals surface area contributed by atoms with Gasteiger partial charge in [-0.15, -0.1) is 0 Å². The molecule has 0 fully saturated rings. The van der Waals surface area contributed by atoms with Crippen molar-refractivity contribution in [2.75, 3.05) is 0 Å². The summed E-state index contributed by atoms with van der Waals surface area (Å²) in [6, 6.07) is 2.05. The highest BCUT2D eigenvalue weighted by Gasteiger charge is 2.09. The largest absolute Gasteiger partial charge is 0.302 e. The molecule has 0 aromatic carbocycles. The molecule has 2 aromatic rings. The quantitative estimate of drug-likeness (QED) is 0.784. The van der Waals surface area contributed by atoms with Crippen molar-refractivity contribution >= 4 is 22.8 Å². The molecule has 0 aliphatic heterocycles. The van der Waals surface area contributed by atoms with Gasteiger partial charge < -0.3 is 4.57 Å². The molecule has 0 N–H and O–H groups in total. The normalized spacial score (nSPS) is 11.2. The Morgan fingerprint density at radius 1 is 1.40 bits per heavy atom. The first-order valence-electron chi connectivity index (χ1n) is 5.12. The highest BCUT2D eigenvalue weighted by Crippen LogP contribution is 2.19. The Balaban J connectivity index is 2.66. The number of aryl methyl sites for hydroxylation is 3. The average molecular weight is 224 g/mol. The molecule has 15 heavy (non-hydrogen) atoms. The van der Waals surface area contributed by atoms with Gasteiger partial charge in [0, 0.05) is 12.7 Å². The van der Waals surface area contributed by atoms with Crippen LogP contribution in [0.4, 0.5) is 0 Å². The third-order valence-electron chi connectivity index (χ3n) is 2.57. The fraction of sp³-hybridized carbons (Fsp3) is 0.455. The minimum atomic E-state index is 0.491. The number of hydrogen-bond acceptors (Lipinski definition) is 2. The Hall–Kier alpha value is -1.09. The van der Waals surface area contributed by atoms with Crippen LogP contribution in [-0.2, 0) is 13.5 Å². The number of imidazole rings is 1. The van der Waals surface area contributed by atoms with Crippen LogP contribution in [0.15, 0.2) is 6.07 Å². The van der Waals surface area contributed by atoms with E-state index >= 15 is 0 Å². The number of pyridine rings is 1. The first kappa shape index (κ1) is 10.4. The third kappa shape index (κ3) is 1.72. The van der Waals surface area contributed by atoms with Crippen molar-refractivity contribution in [2.24, 2.45) is 7.05 Å². The molecular formula is C11H14ClN3. The van der Waals surface area contributed by atoms with Gasteiger partial charge in [-0.05, 0) is 36.6 Å². The van der Waals surface area contributed by atoms with Gasteiger partial charge in [0.25, 0.3) is 0 Å². The molecule has 0 amide bonds. The van der Waals surface area contributed by atoms with Crippen LogP contribution in [0.5, 0.6) is 0 Å².